The Morgan fingerprint density at radius 3 is 2.94 bits per heavy atom. The van der Waals surface area contributed by atoms with Gasteiger partial charge >= 0.3 is 0 Å². The van der Waals surface area contributed by atoms with E-state index >= 15 is 0 Å². The first kappa shape index (κ1) is 11.3. The number of hydrogen-bond acceptors (Lipinski definition) is 1. The van der Waals surface area contributed by atoms with Crippen LogP contribution in [0.1, 0.15) is 56.2 Å². The molecular formula is C16H23N. The molecule has 1 N–H and O–H groups in total. The molecule has 2 aliphatic rings. The molecule has 3 unspecified atom stereocenters. The molecule has 0 spiro atoms. The summed E-state index contributed by atoms with van der Waals surface area (Å²) in [4.78, 5) is 0. The first-order chi connectivity index (χ1) is 8.38. The van der Waals surface area contributed by atoms with Crippen molar-refractivity contribution < 1.29 is 0 Å². The molecule has 0 aromatic heterocycles. The van der Waals surface area contributed by atoms with Crippen LogP contribution in [0.3, 0.4) is 0 Å². The molecule has 0 amide bonds. The summed E-state index contributed by atoms with van der Waals surface area (Å²) in [5.41, 5.74) is 3.13. The standard InChI is InChI=1S/C16H23N/c1-2-12-7-5-9-15(12)17-16-11-10-13-6-3-4-8-14(13)16/h3-4,6,8,12,15-17H,2,5,7,9-11H2,1H3. The number of benzene rings is 1. The highest BCUT2D eigenvalue weighted by atomic mass is 15.0. The molecule has 1 fully saturated rings. The smallest absolute Gasteiger partial charge is 0.0328 e. The van der Waals surface area contributed by atoms with E-state index in [1.54, 1.807) is 11.1 Å². The predicted molar refractivity (Wildman–Crippen MR) is 72.1 cm³/mol. The van der Waals surface area contributed by atoms with Crippen LogP contribution in [0.5, 0.6) is 0 Å². The Morgan fingerprint density at radius 1 is 1.18 bits per heavy atom. The Bertz CT molecular complexity index is 385. The molecule has 0 saturated heterocycles. The highest BCUT2D eigenvalue weighted by Crippen LogP contribution is 2.35. The van der Waals surface area contributed by atoms with Crippen LogP contribution >= 0.6 is 0 Å². The number of nitrogens with one attached hydrogen (secondary N) is 1. The van der Waals surface area contributed by atoms with Gasteiger partial charge in [0.15, 0.2) is 0 Å². The molecule has 1 aromatic carbocycles. The predicted octanol–water partition coefficient (Wildman–Crippen LogP) is 3.84. The minimum absolute atomic E-state index is 0.628. The molecule has 17 heavy (non-hydrogen) atoms. The van der Waals surface area contributed by atoms with Crippen molar-refractivity contribution >= 4 is 0 Å². The normalized spacial score (nSPS) is 31.7. The summed E-state index contributed by atoms with van der Waals surface area (Å²) >= 11 is 0. The van der Waals surface area contributed by atoms with Gasteiger partial charge in [0.05, 0.1) is 0 Å². The van der Waals surface area contributed by atoms with Crippen molar-refractivity contribution in [3.8, 4) is 0 Å². The van der Waals surface area contributed by atoms with Crippen molar-refractivity contribution in [2.75, 3.05) is 0 Å². The zero-order valence-electron chi connectivity index (χ0n) is 10.8. The topological polar surface area (TPSA) is 12.0 Å². The first-order valence-electron chi connectivity index (χ1n) is 7.22. The Balaban J connectivity index is 1.71. The third-order valence-corrected chi connectivity index (χ3v) is 4.73. The van der Waals surface area contributed by atoms with Crippen LogP contribution in [-0.2, 0) is 6.42 Å². The quantitative estimate of drug-likeness (QED) is 0.830. The monoisotopic (exact) mass is 229 g/mol. The number of fused-ring (bicyclic) bond motifs is 1. The van der Waals surface area contributed by atoms with E-state index in [-0.39, 0.29) is 0 Å². The number of hydrogen-bond donors (Lipinski definition) is 1. The van der Waals surface area contributed by atoms with Crippen molar-refractivity contribution in [1.29, 1.82) is 0 Å². The van der Waals surface area contributed by atoms with E-state index in [4.69, 9.17) is 0 Å². The summed E-state index contributed by atoms with van der Waals surface area (Å²) in [6.45, 7) is 2.34. The maximum absolute atomic E-state index is 3.94. The minimum Gasteiger partial charge on any atom is -0.307 e. The average molecular weight is 229 g/mol. The molecule has 3 rings (SSSR count). The Hall–Kier alpha value is -0.820. The first-order valence-corrected chi connectivity index (χ1v) is 7.22. The van der Waals surface area contributed by atoms with E-state index in [0.717, 1.165) is 12.0 Å². The lowest BCUT2D eigenvalue weighted by molar-refractivity contribution is 0.349. The number of rotatable bonds is 3. The highest BCUT2D eigenvalue weighted by molar-refractivity contribution is 5.34. The molecule has 1 saturated carbocycles. The van der Waals surface area contributed by atoms with Gasteiger partial charge in [0.2, 0.25) is 0 Å². The summed E-state index contributed by atoms with van der Waals surface area (Å²) < 4.78 is 0. The summed E-state index contributed by atoms with van der Waals surface area (Å²) in [5, 5.41) is 3.94. The zero-order valence-corrected chi connectivity index (χ0v) is 10.8. The largest absolute Gasteiger partial charge is 0.307 e. The lowest BCUT2D eigenvalue weighted by Gasteiger charge is -2.24. The van der Waals surface area contributed by atoms with E-state index in [0.29, 0.717) is 6.04 Å². The van der Waals surface area contributed by atoms with Gasteiger partial charge in [0, 0.05) is 12.1 Å². The van der Waals surface area contributed by atoms with Gasteiger partial charge in [-0.3, -0.25) is 0 Å². The van der Waals surface area contributed by atoms with E-state index in [1.165, 1.54) is 38.5 Å². The Morgan fingerprint density at radius 2 is 2.06 bits per heavy atom. The Kier molecular flexibility index (Phi) is 3.19. The van der Waals surface area contributed by atoms with Gasteiger partial charge in [-0.25, -0.2) is 0 Å². The number of aryl methyl sites for hydroxylation is 1. The molecule has 1 heteroatoms. The lowest BCUT2D eigenvalue weighted by atomic mass is 9.98. The van der Waals surface area contributed by atoms with Crippen LogP contribution < -0.4 is 5.32 Å². The van der Waals surface area contributed by atoms with Gasteiger partial charge in [0.1, 0.15) is 0 Å². The van der Waals surface area contributed by atoms with Gasteiger partial charge < -0.3 is 5.32 Å². The van der Waals surface area contributed by atoms with Gasteiger partial charge in [-0.15, -0.1) is 0 Å². The van der Waals surface area contributed by atoms with Crippen molar-refractivity contribution in [2.45, 2.75) is 57.5 Å². The van der Waals surface area contributed by atoms with Crippen LogP contribution in [0.15, 0.2) is 24.3 Å². The van der Waals surface area contributed by atoms with Crippen LogP contribution in [0.2, 0.25) is 0 Å². The van der Waals surface area contributed by atoms with E-state index < -0.39 is 0 Å². The fourth-order valence-corrected chi connectivity index (χ4v) is 3.73. The van der Waals surface area contributed by atoms with Crippen LogP contribution in [-0.4, -0.2) is 6.04 Å². The second kappa shape index (κ2) is 4.81. The maximum atomic E-state index is 3.94. The zero-order chi connectivity index (χ0) is 11.7. The molecule has 0 bridgehead atoms. The van der Waals surface area contributed by atoms with Crippen LogP contribution in [0, 0.1) is 5.92 Å². The fraction of sp³-hybridized carbons (Fsp3) is 0.625. The van der Waals surface area contributed by atoms with Gasteiger partial charge in [0.25, 0.3) is 0 Å². The summed E-state index contributed by atoms with van der Waals surface area (Å²) in [7, 11) is 0. The minimum atomic E-state index is 0.628. The second-order valence-corrected chi connectivity index (χ2v) is 5.66. The van der Waals surface area contributed by atoms with Crippen molar-refractivity contribution in [3.63, 3.8) is 0 Å². The van der Waals surface area contributed by atoms with E-state index in [1.807, 2.05) is 0 Å². The van der Waals surface area contributed by atoms with Crippen molar-refractivity contribution in [3.05, 3.63) is 35.4 Å². The van der Waals surface area contributed by atoms with Gasteiger partial charge in [-0.1, -0.05) is 44.0 Å². The molecule has 1 nitrogen and oxygen atoms in total. The van der Waals surface area contributed by atoms with Crippen LogP contribution in [0.25, 0.3) is 0 Å². The summed E-state index contributed by atoms with van der Waals surface area (Å²) in [6.07, 6.45) is 8.14. The lowest BCUT2D eigenvalue weighted by Crippen LogP contribution is -2.34. The SMILES string of the molecule is CCC1CCCC1NC1CCc2ccccc21. The van der Waals surface area contributed by atoms with E-state index in [9.17, 15) is 0 Å². The maximum Gasteiger partial charge on any atom is 0.0328 e. The van der Waals surface area contributed by atoms with Crippen molar-refractivity contribution in [2.24, 2.45) is 5.92 Å². The van der Waals surface area contributed by atoms with Crippen LogP contribution in [0.4, 0.5) is 0 Å². The molecule has 1 aromatic rings. The molecule has 2 aliphatic carbocycles. The molecule has 0 radical (unpaired) electrons. The highest BCUT2D eigenvalue weighted by Gasteiger charge is 2.30. The third-order valence-electron chi connectivity index (χ3n) is 4.73. The second-order valence-electron chi connectivity index (χ2n) is 5.66. The summed E-state index contributed by atoms with van der Waals surface area (Å²) in [6, 6.07) is 10.4. The Labute approximate surface area is 105 Å². The molecule has 92 valence electrons. The average Bonchev–Trinajstić information content (AvgIpc) is 2.97. The molecule has 3 atom stereocenters. The fourth-order valence-electron chi connectivity index (χ4n) is 3.73. The van der Waals surface area contributed by atoms with Gasteiger partial charge in [-0.2, -0.15) is 0 Å². The molecule has 0 heterocycles. The van der Waals surface area contributed by atoms with Crippen molar-refractivity contribution in [1.82, 2.24) is 5.32 Å². The summed E-state index contributed by atoms with van der Waals surface area (Å²) in [5.74, 6) is 0.919. The third kappa shape index (κ3) is 2.13. The van der Waals surface area contributed by atoms with Gasteiger partial charge in [-0.05, 0) is 42.7 Å². The molecule has 0 aliphatic heterocycles. The van der Waals surface area contributed by atoms with E-state index in [2.05, 4.69) is 36.5 Å². The molecular weight excluding hydrogens is 206 g/mol.